The highest BCUT2D eigenvalue weighted by atomic mass is 127. The Hall–Kier alpha value is -1.05. The molecule has 1 fully saturated rings. The van der Waals surface area contributed by atoms with E-state index in [1.54, 1.807) is 6.20 Å². The summed E-state index contributed by atoms with van der Waals surface area (Å²) in [6, 6.07) is 3.99. The Morgan fingerprint density at radius 3 is 2.67 bits per heavy atom. The zero-order valence-corrected chi connectivity index (χ0v) is 17.6. The predicted molar refractivity (Wildman–Crippen MR) is 110 cm³/mol. The van der Waals surface area contributed by atoms with Crippen LogP contribution in [0.1, 0.15) is 58.9 Å². The molecule has 136 valence electrons. The van der Waals surface area contributed by atoms with E-state index < -0.39 is 0 Å². The second kappa shape index (κ2) is 10.1. The zero-order chi connectivity index (χ0) is 16.7. The standard InChI is InChI=1S/C18H30N4O.HI/c1-5-19-17(22-18(2,3)4)21-13-14-10-11-20-16(12-14)23-15-8-6-7-9-15;/h10-12,15H,5-9,13H2,1-4H3,(H2,19,21,22);1H. The summed E-state index contributed by atoms with van der Waals surface area (Å²) in [6.45, 7) is 9.89. The molecule has 1 heterocycles. The third-order valence-electron chi connectivity index (χ3n) is 3.65. The highest BCUT2D eigenvalue weighted by Crippen LogP contribution is 2.23. The molecule has 0 radical (unpaired) electrons. The van der Waals surface area contributed by atoms with E-state index in [4.69, 9.17) is 4.74 Å². The van der Waals surface area contributed by atoms with Crippen LogP contribution in [0.5, 0.6) is 5.88 Å². The number of aliphatic imine (C=N–C) groups is 1. The van der Waals surface area contributed by atoms with Gasteiger partial charge in [0.15, 0.2) is 5.96 Å². The van der Waals surface area contributed by atoms with Gasteiger partial charge in [0, 0.05) is 24.3 Å². The lowest BCUT2D eigenvalue weighted by molar-refractivity contribution is 0.201. The lowest BCUT2D eigenvalue weighted by Crippen LogP contribution is -2.47. The van der Waals surface area contributed by atoms with Gasteiger partial charge in [0.25, 0.3) is 0 Å². The van der Waals surface area contributed by atoms with E-state index in [2.05, 4.69) is 48.3 Å². The minimum atomic E-state index is -0.0179. The monoisotopic (exact) mass is 446 g/mol. The summed E-state index contributed by atoms with van der Waals surface area (Å²) in [7, 11) is 0. The maximum atomic E-state index is 5.96. The van der Waals surface area contributed by atoms with Crippen LogP contribution in [0, 0.1) is 0 Å². The molecule has 24 heavy (non-hydrogen) atoms. The number of guanidine groups is 1. The highest BCUT2D eigenvalue weighted by Gasteiger charge is 2.17. The summed E-state index contributed by atoms with van der Waals surface area (Å²) in [4.78, 5) is 8.98. The number of hydrogen-bond acceptors (Lipinski definition) is 3. The minimum absolute atomic E-state index is 0. The summed E-state index contributed by atoms with van der Waals surface area (Å²) < 4.78 is 5.96. The first-order valence-electron chi connectivity index (χ1n) is 8.64. The van der Waals surface area contributed by atoms with Crippen molar-refractivity contribution in [3.63, 3.8) is 0 Å². The molecule has 0 aromatic carbocycles. The first kappa shape index (κ1) is 21.0. The molecule has 1 aliphatic rings. The average Bonchev–Trinajstić information content (AvgIpc) is 2.97. The molecule has 6 heteroatoms. The molecule has 1 aromatic heterocycles. The highest BCUT2D eigenvalue weighted by molar-refractivity contribution is 14.0. The van der Waals surface area contributed by atoms with Gasteiger partial charge in [-0.05, 0) is 65.0 Å². The number of ether oxygens (including phenoxy) is 1. The summed E-state index contributed by atoms with van der Waals surface area (Å²) in [5.41, 5.74) is 1.09. The van der Waals surface area contributed by atoms with Crippen molar-refractivity contribution in [1.82, 2.24) is 15.6 Å². The SMILES string of the molecule is CCNC(=NCc1ccnc(OC2CCCC2)c1)NC(C)(C)C.I. The van der Waals surface area contributed by atoms with E-state index >= 15 is 0 Å². The number of rotatable bonds is 5. The number of hydrogen-bond donors (Lipinski definition) is 2. The van der Waals surface area contributed by atoms with Crippen LogP contribution in [0.2, 0.25) is 0 Å². The second-order valence-corrected chi connectivity index (χ2v) is 7.10. The Morgan fingerprint density at radius 1 is 1.33 bits per heavy atom. The zero-order valence-electron chi connectivity index (χ0n) is 15.3. The van der Waals surface area contributed by atoms with Crippen LogP contribution in [0.4, 0.5) is 0 Å². The Kier molecular flexibility index (Phi) is 8.80. The fraction of sp³-hybridized carbons (Fsp3) is 0.667. The van der Waals surface area contributed by atoms with Crippen molar-refractivity contribution in [3.8, 4) is 5.88 Å². The molecule has 2 rings (SSSR count). The first-order valence-corrected chi connectivity index (χ1v) is 8.64. The molecule has 0 spiro atoms. The molecule has 0 aliphatic heterocycles. The van der Waals surface area contributed by atoms with Gasteiger partial charge in [-0.2, -0.15) is 0 Å². The van der Waals surface area contributed by atoms with Gasteiger partial charge < -0.3 is 15.4 Å². The van der Waals surface area contributed by atoms with Crippen LogP contribution in [0.25, 0.3) is 0 Å². The number of nitrogens with zero attached hydrogens (tertiary/aromatic N) is 2. The van der Waals surface area contributed by atoms with E-state index in [0.717, 1.165) is 36.8 Å². The molecule has 0 saturated heterocycles. The minimum Gasteiger partial charge on any atom is -0.474 e. The third-order valence-corrected chi connectivity index (χ3v) is 3.65. The second-order valence-electron chi connectivity index (χ2n) is 7.10. The Labute approximate surface area is 163 Å². The molecule has 0 bridgehead atoms. The smallest absolute Gasteiger partial charge is 0.213 e. The fourth-order valence-corrected chi connectivity index (χ4v) is 2.62. The van der Waals surface area contributed by atoms with Crippen LogP contribution >= 0.6 is 24.0 Å². The molecule has 0 amide bonds. The first-order chi connectivity index (χ1) is 11.0. The van der Waals surface area contributed by atoms with Crippen LogP contribution < -0.4 is 15.4 Å². The third kappa shape index (κ3) is 7.68. The van der Waals surface area contributed by atoms with E-state index in [9.17, 15) is 0 Å². The Balaban J connectivity index is 0.00000288. The van der Waals surface area contributed by atoms with E-state index in [1.165, 1.54) is 12.8 Å². The van der Waals surface area contributed by atoms with Gasteiger partial charge in [-0.25, -0.2) is 9.98 Å². The summed E-state index contributed by atoms with van der Waals surface area (Å²) in [6.07, 6.45) is 6.95. The van der Waals surface area contributed by atoms with Crippen molar-refractivity contribution in [2.45, 2.75) is 71.6 Å². The van der Waals surface area contributed by atoms with E-state index in [0.29, 0.717) is 12.6 Å². The lowest BCUT2D eigenvalue weighted by atomic mass is 10.1. The molecular weight excluding hydrogens is 415 g/mol. The quantitative estimate of drug-likeness (QED) is 0.410. The van der Waals surface area contributed by atoms with Crippen molar-refractivity contribution in [3.05, 3.63) is 23.9 Å². The van der Waals surface area contributed by atoms with Crippen molar-refractivity contribution >= 4 is 29.9 Å². The molecule has 1 aromatic rings. The van der Waals surface area contributed by atoms with Gasteiger partial charge in [-0.15, -0.1) is 24.0 Å². The molecule has 5 nitrogen and oxygen atoms in total. The summed E-state index contributed by atoms with van der Waals surface area (Å²) in [5.74, 6) is 1.55. The topological polar surface area (TPSA) is 58.5 Å². The maximum Gasteiger partial charge on any atom is 0.213 e. The van der Waals surface area contributed by atoms with Gasteiger partial charge in [0.05, 0.1) is 6.54 Å². The molecule has 1 saturated carbocycles. The fourth-order valence-electron chi connectivity index (χ4n) is 2.62. The van der Waals surface area contributed by atoms with Crippen molar-refractivity contribution < 1.29 is 4.74 Å². The number of aromatic nitrogens is 1. The Morgan fingerprint density at radius 2 is 2.04 bits per heavy atom. The van der Waals surface area contributed by atoms with Crippen molar-refractivity contribution in [2.75, 3.05) is 6.54 Å². The van der Waals surface area contributed by atoms with Crippen LogP contribution in [0.3, 0.4) is 0 Å². The summed E-state index contributed by atoms with van der Waals surface area (Å²) >= 11 is 0. The van der Waals surface area contributed by atoms with E-state index in [-0.39, 0.29) is 29.5 Å². The van der Waals surface area contributed by atoms with Crippen molar-refractivity contribution in [1.29, 1.82) is 0 Å². The van der Waals surface area contributed by atoms with Gasteiger partial charge >= 0.3 is 0 Å². The number of halogens is 1. The van der Waals surface area contributed by atoms with Gasteiger partial charge in [-0.1, -0.05) is 0 Å². The Bertz CT molecular complexity index is 522. The summed E-state index contributed by atoms with van der Waals surface area (Å²) in [5, 5.41) is 6.67. The largest absolute Gasteiger partial charge is 0.474 e. The molecule has 2 N–H and O–H groups in total. The normalized spacial score (nSPS) is 15.8. The van der Waals surface area contributed by atoms with Gasteiger partial charge in [0.1, 0.15) is 6.10 Å². The maximum absolute atomic E-state index is 5.96. The predicted octanol–water partition coefficient (Wildman–Crippen LogP) is 3.87. The van der Waals surface area contributed by atoms with Crippen LogP contribution in [-0.4, -0.2) is 29.1 Å². The molecule has 0 atom stereocenters. The lowest BCUT2D eigenvalue weighted by Gasteiger charge is -2.23. The van der Waals surface area contributed by atoms with Gasteiger partial charge in [-0.3, -0.25) is 0 Å². The van der Waals surface area contributed by atoms with Crippen LogP contribution in [0.15, 0.2) is 23.3 Å². The van der Waals surface area contributed by atoms with Crippen molar-refractivity contribution in [2.24, 2.45) is 4.99 Å². The molecular formula is C18H31IN4O. The number of pyridine rings is 1. The van der Waals surface area contributed by atoms with E-state index in [1.807, 2.05) is 12.1 Å². The molecule has 1 aliphatic carbocycles. The average molecular weight is 446 g/mol. The van der Waals surface area contributed by atoms with Crippen LogP contribution in [-0.2, 0) is 6.54 Å². The number of nitrogens with one attached hydrogen (secondary N) is 2. The van der Waals surface area contributed by atoms with Gasteiger partial charge in [0.2, 0.25) is 5.88 Å². The molecule has 0 unspecified atom stereocenters.